The van der Waals surface area contributed by atoms with Gasteiger partial charge in [0.1, 0.15) is 48.6 Å². The topological polar surface area (TPSA) is 284 Å². The molecule has 2 heterocycles. The van der Waals surface area contributed by atoms with Crippen LogP contribution < -0.4 is 5.32 Å². The van der Waals surface area contributed by atoms with E-state index in [1.807, 2.05) is 0 Å². The molecule has 292 valence electrons. The number of esters is 6. The van der Waals surface area contributed by atoms with Crippen molar-refractivity contribution in [2.24, 2.45) is 5.11 Å². The number of nitrogens with one attached hydrogen (secondary N) is 1. The number of hydrogen-bond donors (Lipinski definition) is 2. The van der Waals surface area contributed by atoms with Crippen LogP contribution in [0.2, 0.25) is 0 Å². The second kappa shape index (κ2) is 20.1. The number of carbonyl (C=O) groups is 7. The van der Waals surface area contributed by atoms with Crippen molar-refractivity contribution in [3.63, 3.8) is 0 Å². The molecule has 2 rings (SSSR count). The standard InChI is InChI=1S/C30H44N4O17S/c1-9-52-28-23(33-34-31)26(49-18(7)40)24(41)20(50-28)12-45-30(29(42)43-8)10-19(46-15(4)37)22(32-13(2)35)27(51-30)25(48-17(6)39)21(47-16(5)38)11-44-14(3)36/h19-28,41H,9-12H2,1-8H3,(H,32,35)/t19-,20+,21+,22+,23+,24-,25-,26+,27+,28-,30+/m0/s1. The number of azide groups is 1. The first kappa shape index (κ1) is 44.0. The summed E-state index contributed by atoms with van der Waals surface area (Å²) in [6.07, 6.45) is -11.9. The molecule has 11 atom stereocenters. The number of ether oxygens (including phenoxy) is 9. The monoisotopic (exact) mass is 764 g/mol. The van der Waals surface area contributed by atoms with E-state index in [9.17, 15) is 44.2 Å². The van der Waals surface area contributed by atoms with E-state index >= 15 is 0 Å². The van der Waals surface area contributed by atoms with E-state index in [1.165, 1.54) is 0 Å². The molecule has 2 N–H and O–H groups in total. The van der Waals surface area contributed by atoms with Crippen LogP contribution >= 0.6 is 11.8 Å². The van der Waals surface area contributed by atoms with Gasteiger partial charge in [0.2, 0.25) is 5.91 Å². The Morgan fingerprint density at radius 3 is 2.12 bits per heavy atom. The number of nitrogens with zero attached hydrogens (tertiary/aromatic N) is 3. The van der Waals surface area contributed by atoms with Crippen molar-refractivity contribution >= 4 is 53.5 Å². The van der Waals surface area contributed by atoms with Crippen LogP contribution in [-0.2, 0) is 76.2 Å². The average molecular weight is 765 g/mol. The summed E-state index contributed by atoms with van der Waals surface area (Å²) in [5, 5.41) is 17.5. The number of aliphatic hydroxyl groups is 1. The Bertz CT molecular complexity index is 1380. The minimum atomic E-state index is -2.61. The molecule has 2 aliphatic rings. The third kappa shape index (κ3) is 12.2. The maximum absolute atomic E-state index is 13.7. The Morgan fingerprint density at radius 1 is 0.981 bits per heavy atom. The van der Waals surface area contributed by atoms with Crippen molar-refractivity contribution in [1.82, 2.24) is 5.32 Å². The first-order chi connectivity index (χ1) is 24.4. The van der Waals surface area contributed by atoms with Crippen molar-refractivity contribution in [3.8, 4) is 0 Å². The highest BCUT2D eigenvalue weighted by atomic mass is 32.2. The van der Waals surface area contributed by atoms with E-state index in [-0.39, 0.29) is 0 Å². The van der Waals surface area contributed by atoms with E-state index < -0.39 is 127 Å². The molecule has 0 spiro atoms. The van der Waals surface area contributed by atoms with Crippen molar-refractivity contribution in [3.05, 3.63) is 10.4 Å². The van der Waals surface area contributed by atoms with Crippen molar-refractivity contribution in [1.29, 1.82) is 0 Å². The summed E-state index contributed by atoms with van der Waals surface area (Å²) < 4.78 is 50.0. The van der Waals surface area contributed by atoms with Gasteiger partial charge >= 0.3 is 35.8 Å². The number of thioether (sulfide) groups is 1. The lowest BCUT2D eigenvalue weighted by molar-refractivity contribution is -0.323. The van der Waals surface area contributed by atoms with Crippen molar-refractivity contribution in [2.75, 3.05) is 26.1 Å². The molecule has 0 bridgehead atoms. The fourth-order valence-corrected chi connectivity index (χ4v) is 6.57. The lowest BCUT2D eigenvalue weighted by Gasteiger charge is -2.49. The second-order valence-electron chi connectivity index (χ2n) is 11.5. The molecule has 52 heavy (non-hydrogen) atoms. The van der Waals surface area contributed by atoms with Gasteiger partial charge in [-0.25, -0.2) is 4.79 Å². The Hall–Kier alpha value is -4.21. The molecular weight excluding hydrogens is 720 g/mol. The number of amides is 1. The highest BCUT2D eigenvalue weighted by Crippen LogP contribution is 2.39. The van der Waals surface area contributed by atoms with Gasteiger partial charge in [-0.3, -0.25) is 28.8 Å². The number of aliphatic hydroxyl groups excluding tert-OH is 1. The number of rotatable bonds is 16. The van der Waals surface area contributed by atoms with Gasteiger partial charge in [0, 0.05) is 46.5 Å². The van der Waals surface area contributed by atoms with E-state index in [4.69, 9.17) is 42.6 Å². The number of carbonyl (C=O) groups excluding carboxylic acids is 7. The van der Waals surface area contributed by atoms with E-state index in [2.05, 4.69) is 15.3 Å². The van der Waals surface area contributed by atoms with Crippen LogP contribution in [0, 0.1) is 0 Å². The van der Waals surface area contributed by atoms with Gasteiger partial charge in [0.25, 0.3) is 5.79 Å². The molecule has 2 aliphatic heterocycles. The van der Waals surface area contributed by atoms with E-state index in [0.717, 1.165) is 60.4 Å². The third-order valence-electron chi connectivity index (χ3n) is 7.44. The number of methoxy groups -OCH3 is 1. The zero-order valence-electron chi connectivity index (χ0n) is 29.8. The van der Waals surface area contributed by atoms with Crippen LogP contribution in [-0.4, -0.2) is 139 Å². The van der Waals surface area contributed by atoms with Gasteiger partial charge in [0.15, 0.2) is 12.2 Å². The van der Waals surface area contributed by atoms with Crippen LogP contribution in [0.4, 0.5) is 0 Å². The quantitative estimate of drug-likeness (QED) is 0.0686. The van der Waals surface area contributed by atoms with Gasteiger partial charge in [-0.2, -0.15) is 0 Å². The first-order valence-electron chi connectivity index (χ1n) is 15.9. The number of hydrogen-bond acceptors (Lipinski definition) is 19. The summed E-state index contributed by atoms with van der Waals surface area (Å²) in [7, 11) is 0.972. The summed E-state index contributed by atoms with van der Waals surface area (Å²) >= 11 is 1.15. The highest BCUT2D eigenvalue weighted by molar-refractivity contribution is 7.99. The molecule has 0 saturated carbocycles. The van der Waals surface area contributed by atoms with Crippen LogP contribution in [0.15, 0.2) is 5.11 Å². The van der Waals surface area contributed by atoms with Gasteiger partial charge in [-0.15, -0.1) is 11.8 Å². The molecule has 0 aliphatic carbocycles. The average Bonchev–Trinajstić information content (AvgIpc) is 3.04. The molecular formula is C30H44N4O17S. The molecule has 1 amide bonds. The van der Waals surface area contributed by atoms with Crippen LogP contribution in [0.25, 0.3) is 10.4 Å². The maximum Gasteiger partial charge on any atom is 0.366 e. The van der Waals surface area contributed by atoms with E-state index in [0.29, 0.717) is 5.75 Å². The molecule has 0 aromatic heterocycles. The maximum atomic E-state index is 13.7. The molecule has 0 unspecified atom stereocenters. The van der Waals surface area contributed by atoms with Crippen LogP contribution in [0.5, 0.6) is 0 Å². The first-order valence-corrected chi connectivity index (χ1v) is 16.9. The van der Waals surface area contributed by atoms with Gasteiger partial charge in [-0.1, -0.05) is 12.0 Å². The molecule has 22 heteroatoms. The molecule has 2 fully saturated rings. The van der Waals surface area contributed by atoms with Crippen LogP contribution in [0.3, 0.4) is 0 Å². The smallest absolute Gasteiger partial charge is 0.366 e. The molecule has 0 radical (unpaired) electrons. The van der Waals surface area contributed by atoms with Gasteiger partial charge in [0.05, 0.1) is 26.2 Å². The largest absolute Gasteiger partial charge is 0.465 e. The van der Waals surface area contributed by atoms with Crippen LogP contribution in [0.1, 0.15) is 54.9 Å². The van der Waals surface area contributed by atoms with Crippen molar-refractivity contribution in [2.45, 2.75) is 121 Å². The molecule has 21 nitrogen and oxygen atoms in total. The molecule has 0 aromatic rings. The minimum absolute atomic E-state index is 0.429. The Morgan fingerprint density at radius 2 is 1.62 bits per heavy atom. The third-order valence-corrected chi connectivity index (χ3v) is 8.49. The SMILES string of the molecule is CCS[C@@H]1O[C@H](CO[C@]2(C(=O)OC)C[C@H](OC(C)=O)[C@@H](NC(C)=O)[C@H]([C@@H](OC(C)=O)[C@@H](COC(C)=O)OC(C)=O)O2)[C@H](O)[C@H](OC(C)=O)[C@H]1N=[N+]=[N-]. The van der Waals surface area contributed by atoms with E-state index in [1.54, 1.807) is 6.92 Å². The normalized spacial score (nSPS) is 29.5. The predicted molar refractivity (Wildman–Crippen MR) is 172 cm³/mol. The summed E-state index contributed by atoms with van der Waals surface area (Å²) in [6, 6.07) is -2.62. The fraction of sp³-hybridized carbons (Fsp3) is 0.767. The molecule has 0 aromatic carbocycles. The zero-order valence-corrected chi connectivity index (χ0v) is 30.6. The summed E-state index contributed by atoms with van der Waals surface area (Å²) in [5.41, 5.74) is 8.19. The van der Waals surface area contributed by atoms with Gasteiger partial charge < -0.3 is 53.1 Å². The summed E-state index contributed by atoms with van der Waals surface area (Å²) in [4.78, 5) is 89.7. The predicted octanol–water partition coefficient (Wildman–Crippen LogP) is -0.0264. The minimum Gasteiger partial charge on any atom is -0.465 e. The fourth-order valence-electron chi connectivity index (χ4n) is 5.62. The van der Waals surface area contributed by atoms with Gasteiger partial charge in [-0.05, 0) is 11.3 Å². The second-order valence-corrected chi connectivity index (χ2v) is 12.9. The summed E-state index contributed by atoms with van der Waals surface area (Å²) in [5.74, 6) is -8.52. The lowest BCUT2D eigenvalue weighted by Crippen LogP contribution is -2.69. The van der Waals surface area contributed by atoms with Crippen molar-refractivity contribution < 1.29 is 81.3 Å². The summed E-state index contributed by atoms with van der Waals surface area (Å²) in [6.45, 7) is 6.63. The Labute approximate surface area is 302 Å². The highest BCUT2D eigenvalue weighted by Gasteiger charge is 2.60. The Balaban J connectivity index is 2.75. The molecule has 2 saturated heterocycles. The Kier molecular flexibility index (Phi) is 17.0. The lowest BCUT2D eigenvalue weighted by atomic mass is 9.87. The zero-order chi connectivity index (χ0) is 39.3.